The fourth-order valence-corrected chi connectivity index (χ4v) is 2.82. The summed E-state index contributed by atoms with van der Waals surface area (Å²) in [7, 11) is 0. The molecular formula is C10H18O2. The van der Waals surface area contributed by atoms with Crippen molar-refractivity contribution in [1.29, 1.82) is 0 Å². The molecule has 2 aliphatic carbocycles. The molecular weight excluding hydrogens is 152 g/mol. The van der Waals surface area contributed by atoms with Gasteiger partial charge in [0.05, 0.1) is 11.7 Å². The lowest BCUT2D eigenvalue weighted by molar-refractivity contribution is -0.102. The Kier molecular flexibility index (Phi) is 2.13. The summed E-state index contributed by atoms with van der Waals surface area (Å²) in [4.78, 5) is 0. The fraction of sp³-hybridized carbons (Fsp3) is 1.00. The molecule has 3 atom stereocenters. The third-order valence-electron chi connectivity index (χ3n) is 3.64. The van der Waals surface area contributed by atoms with Gasteiger partial charge in [-0.15, -0.1) is 0 Å². The zero-order chi connectivity index (χ0) is 8.60. The van der Waals surface area contributed by atoms with Crippen LogP contribution in [-0.2, 0) is 0 Å². The van der Waals surface area contributed by atoms with E-state index in [0.29, 0.717) is 5.92 Å². The van der Waals surface area contributed by atoms with Crippen LogP contribution < -0.4 is 0 Å². The lowest BCUT2D eigenvalue weighted by Gasteiger charge is -2.45. The summed E-state index contributed by atoms with van der Waals surface area (Å²) in [6, 6.07) is 0. The Morgan fingerprint density at radius 1 is 1.08 bits per heavy atom. The van der Waals surface area contributed by atoms with Gasteiger partial charge in [-0.1, -0.05) is 12.8 Å². The molecule has 0 aromatic carbocycles. The molecule has 70 valence electrons. The third-order valence-corrected chi connectivity index (χ3v) is 3.64. The Morgan fingerprint density at radius 3 is 2.75 bits per heavy atom. The van der Waals surface area contributed by atoms with E-state index in [1.165, 1.54) is 12.8 Å². The van der Waals surface area contributed by atoms with Crippen molar-refractivity contribution in [2.45, 2.75) is 56.7 Å². The Morgan fingerprint density at radius 2 is 1.92 bits per heavy atom. The van der Waals surface area contributed by atoms with Crippen LogP contribution in [0.4, 0.5) is 0 Å². The van der Waals surface area contributed by atoms with Gasteiger partial charge < -0.3 is 10.2 Å². The van der Waals surface area contributed by atoms with E-state index >= 15 is 0 Å². The molecule has 2 fully saturated rings. The molecule has 2 saturated carbocycles. The molecule has 0 spiro atoms. The van der Waals surface area contributed by atoms with Crippen LogP contribution >= 0.6 is 0 Å². The van der Waals surface area contributed by atoms with Crippen molar-refractivity contribution in [2.75, 3.05) is 0 Å². The van der Waals surface area contributed by atoms with Crippen molar-refractivity contribution in [2.24, 2.45) is 5.92 Å². The van der Waals surface area contributed by atoms with Crippen molar-refractivity contribution in [3.63, 3.8) is 0 Å². The van der Waals surface area contributed by atoms with Gasteiger partial charge in [-0.2, -0.15) is 0 Å². The summed E-state index contributed by atoms with van der Waals surface area (Å²) in [5.41, 5.74) is -0.405. The van der Waals surface area contributed by atoms with Crippen LogP contribution in [0.1, 0.15) is 44.9 Å². The number of fused-ring (bicyclic) bond motifs is 1. The first-order valence-corrected chi connectivity index (χ1v) is 5.11. The highest BCUT2D eigenvalue weighted by Crippen LogP contribution is 2.43. The highest BCUT2D eigenvalue weighted by molar-refractivity contribution is 4.94. The molecule has 2 rings (SSSR count). The zero-order valence-corrected chi connectivity index (χ0v) is 7.50. The predicted molar refractivity (Wildman–Crippen MR) is 46.8 cm³/mol. The minimum atomic E-state index is -0.405. The third kappa shape index (κ3) is 1.38. The van der Waals surface area contributed by atoms with Gasteiger partial charge in [0.1, 0.15) is 0 Å². The van der Waals surface area contributed by atoms with Gasteiger partial charge in [-0.25, -0.2) is 0 Å². The van der Waals surface area contributed by atoms with E-state index in [2.05, 4.69) is 0 Å². The van der Waals surface area contributed by atoms with E-state index in [9.17, 15) is 10.2 Å². The Balaban J connectivity index is 2.06. The van der Waals surface area contributed by atoms with Gasteiger partial charge in [0.25, 0.3) is 0 Å². The van der Waals surface area contributed by atoms with Crippen molar-refractivity contribution < 1.29 is 10.2 Å². The molecule has 0 heterocycles. The van der Waals surface area contributed by atoms with E-state index < -0.39 is 5.60 Å². The van der Waals surface area contributed by atoms with Crippen LogP contribution in [0.5, 0.6) is 0 Å². The number of hydrogen-bond acceptors (Lipinski definition) is 2. The second kappa shape index (κ2) is 3.00. The van der Waals surface area contributed by atoms with Crippen molar-refractivity contribution in [1.82, 2.24) is 0 Å². The molecule has 0 aromatic heterocycles. The lowest BCUT2D eigenvalue weighted by atomic mass is 9.67. The fourth-order valence-electron chi connectivity index (χ4n) is 2.82. The smallest absolute Gasteiger partial charge is 0.0677 e. The van der Waals surface area contributed by atoms with Gasteiger partial charge in [-0.3, -0.25) is 0 Å². The van der Waals surface area contributed by atoms with Crippen LogP contribution in [0.15, 0.2) is 0 Å². The highest BCUT2D eigenvalue weighted by atomic mass is 16.3. The minimum Gasteiger partial charge on any atom is -0.393 e. The first-order valence-electron chi connectivity index (χ1n) is 5.11. The average molecular weight is 170 g/mol. The quantitative estimate of drug-likeness (QED) is 0.577. The molecule has 0 radical (unpaired) electrons. The van der Waals surface area contributed by atoms with Crippen LogP contribution in [0.3, 0.4) is 0 Å². The maximum atomic E-state index is 10.2. The van der Waals surface area contributed by atoms with Gasteiger partial charge in [-0.05, 0) is 38.0 Å². The van der Waals surface area contributed by atoms with Gasteiger partial charge >= 0.3 is 0 Å². The number of aliphatic hydroxyl groups is 2. The summed E-state index contributed by atoms with van der Waals surface area (Å²) in [5.74, 6) is 0.384. The molecule has 2 heteroatoms. The van der Waals surface area contributed by atoms with Crippen LogP contribution in [0.2, 0.25) is 0 Å². The first-order chi connectivity index (χ1) is 5.71. The second-order valence-electron chi connectivity index (χ2n) is 4.47. The van der Waals surface area contributed by atoms with Gasteiger partial charge in [0, 0.05) is 0 Å². The van der Waals surface area contributed by atoms with Gasteiger partial charge in [0.2, 0.25) is 0 Å². The monoisotopic (exact) mass is 170 g/mol. The minimum absolute atomic E-state index is 0.145. The number of hydrogen-bond donors (Lipinski definition) is 2. The number of aliphatic hydroxyl groups excluding tert-OH is 1. The SMILES string of the molecule is O[C@H]1CC[C@@]2(O)CCCC[C@@H]2C1. The van der Waals surface area contributed by atoms with E-state index in [1.54, 1.807) is 0 Å². The van der Waals surface area contributed by atoms with Crippen molar-refractivity contribution in [3.05, 3.63) is 0 Å². The topological polar surface area (TPSA) is 40.5 Å². The van der Waals surface area contributed by atoms with E-state index in [0.717, 1.165) is 32.1 Å². The second-order valence-corrected chi connectivity index (χ2v) is 4.47. The highest BCUT2D eigenvalue weighted by Gasteiger charge is 2.42. The summed E-state index contributed by atoms with van der Waals surface area (Å²) in [6.07, 6.45) is 6.79. The summed E-state index contributed by atoms with van der Waals surface area (Å²) >= 11 is 0. The first kappa shape index (κ1) is 8.52. The summed E-state index contributed by atoms with van der Waals surface area (Å²) in [6.45, 7) is 0. The molecule has 0 bridgehead atoms. The summed E-state index contributed by atoms with van der Waals surface area (Å²) < 4.78 is 0. The van der Waals surface area contributed by atoms with E-state index in [-0.39, 0.29) is 6.10 Å². The van der Waals surface area contributed by atoms with Crippen molar-refractivity contribution in [3.8, 4) is 0 Å². The molecule has 0 aromatic rings. The molecule has 2 aliphatic rings. The molecule has 2 nitrogen and oxygen atoms in total. The van der Waals surface area contributed by atoms with Crippen LogP contribution in [0, 0.1) is 5.92 Å². The maximum Gasteiger partial charge on any atom is 0.0677 e. The Hall–Kier alpha value is -0.0800. The van der Waals surface area contributed by atoms with E-state index in [1.807, 2.05) is 0 Å². The van der Waals surface area contributed by atoms with Crippen molar-refractivity contribution >= 4 is 0 Å². The van der Waals surface area contributed by atoms with Gasteiger partial charge in [0.15, 0.2) is 0 Å². The summed E-state index contributed by atoms with van der Waals surface area (Å²) in [5, 5.41) is 19.6. The molecule has 0 unspecified atom stereocenters. The zero-order valence-electron chi connectivity index (χ0n) is 7.50. The maximum absolute atomic E-state index is 10.2. The Labute approximate surface area is 73.6 Å². The van der Waals surface area contributed by atoms with Crippen LogP contribution in [0.25, 0.3) is 0 Å². The molecule has 12 heavy (non-hydrogen) atoms. The molecule has 0 saturated heterocycles. The standard InChI is InChI=1S/C10H18O2/c11-9-4-6-10(12)5-2-1-3-8(10)7-9/h8-9,11-12H,1-7H2/t8-,9+,10+/m1/s1. The average Bonchev–Trinajstić information content (AvgIpc) is 2.06. The van der Waals surface area contributed by atoms with Crippen LogP contribution in [-0.4, -0.2) is 21.9 Å². The number of rotatable bonds is 0. The molecule has 2 N–H and O–H groups in total. The Bertz CT molecular complexity index is 169. The lowest BCUT2D eigenvalue weighted by Crippen LogP contribution is -2.46. The normalized spacial score (nSPS) is 48.5. The predicted octanol–water partition coefficient (Wildman–Crippen LogP) is 1.45. The molecule has 0 amide bonds. The molecule has 0 aliphatic heterocycles. The largest absolute Gasteiger partial charge is 0.393 e. The van der Waals surface area contributed by atoms with E-state index in [4.69, 9.17) is 0 Å².